The predicted molar refractivity (Wildman–Crippen MR) is 149 cm³/mol. The van der Waals surface area contributed by atoms with E-state index in [0.29, 0.717) is 16.9 Å². The van der Waals surface area contributed by atoms with Crippen molar-refractivity contribution in [2.24, 2.45) is 0 Å². The van der Waals surface area contributed by atoms with E-state index in [1.54, 1.807) is 16.4 Å². The number of rotatable bonds is 5. The van der Waals surface area contributed by atoms with Crippen LogP contribution >= 0.6 is 0 Å². The molecule has 0 saturated carbocycles. The molecule has 0 aromatic heterocycles. The molecular formula is C31H29FN2O2S. The first-order chi connectivity index (χ1) is 17.8. The third-order valence-corrected chi connectivity index (χ3v) is 9.69. The van der Waals surface area contributed by atoms with Crippen molar-refractivity contribution in [1.82, 2.24) is 4.31 Å². The molecule has 4 aromatic carbocycles. The van der Waals surface area contributed by atoms with E-state index < -0.39 is 10.0 Å². The van der Waals surface area contributed by atoms with Crippen molar-refractivity contribution in [3.05, 3.63) is 102 Å². The molecule has 4 nitrogen and oxygen atoms in total. The predicted octanol–water partition coefficient (Wildman–Crippen LogP) is 6.72. The van der Waals surface area contributed by atoms with Crippen LogP contribution in [0.4, 0.5) is 10.1 Å². The van der Waals surface area contributed by atoms with Crippen LogP contribution in [0.5, 0.6) is 0 Å². The first-order valence-electron chi connectivity index (χ1n) is 12.6. The molecule has 1 saturated heterocycles. The van der Waals surface area contributed by atoms with Gasteiger partial charge in [0.05, 0.1) is 4.90 Å². The molecule has 37 heavy (non-hydrogen) atoms. The fourth-order valence-corrected chi connectivity index (χ4v) is 7.97. The molecule has 2 heterocycles. The highest BCUT2D eigenvalue weighted by Crippen LogP contribution is 2.43. The maximum atomic E-state index is 15.1. The maximum Gasteiger partial charge on any atom is 0.244 e. The van der Waals surface area contributed by atoms with Crippen LogP contribution in [0, 0.1) is 5.82 Å². The lowest BCUT2D eigenvalue weighted by atomic mass is 9.94. The lowest BCUT2D eigenvalue weighted by Gasteiger charge is -2.33. The van der Waals surface area contributed by atoms with Crippen molar-refractivity contribution >= 4 is 32.1 Å². The van der Waals surface area contributed by atoms with E-state index >= 15 is 4.39 Å². The van der Waals surface area contributed by atoms with Gasteiger partial charge in [0.2, 0.25) is 10.0 Å². The zero-order valence-electron chi connectivity index (χ0n) is 20.9. The molecule has 2 aliphatic heterocycles. The van der Waals surface area contributed by atoms with Crippen LogP contribution in [0.25, 0.3) is 27.5 Å². The normalized spacial score (nSPS) is 19.7. The van der Waals surface area contributed by atoms with E-state index in [1.807, 2.05) is 97.9 Å². The average molecular weight is 513 g/mol. The minimum absolute atomic E-state index is 0.140. The van der Waals surface area contributed by atoms with Gasteiger partial charge in [-0.1, -0.05) is 72.8 Å². The number of anilines is 1. The molecule has 6 heteroatoms. The Morgan fingerprint density at radius 2 is 1.59 bits per heavy atom. The zero-order chi connectivity index (χ0) is 25.7. The summed E-state index contributed by atoms with van der Waals surface area (Å²) in [5.41, 5.74) is 4.24. The zero-order valence-corrected chi connectivity index (χ0v) is 21.7. The Morgan fingerprint density at radius 3 is 2.32 bits per heavy atom. The van der Waals surface area contributed by atoms with Gasteiger partial charge >= 0.3 is 0 Å². The Balaban J connectivity index is 1.35. The first-order valence-corrected chi connectivity index (χ1v) is 14.1. The minimum atomic E-state index is -3.73. The molecule has 0 aliphatic carbocycles. The molecular weight excluding hydrogens is 483 g/mol. The van der Waals surface area contributed by atoms with Gasteiger partial charge in [-0.25, -0.2) is 12.8 Å². The number of benzene rings is 4. The minimum Gasteiger partial charge on any atom is -0.377 e. The highest BCUT2D eigenvalue weighted by molar-refractivity contribution is 7.89. The van der Waals surface area contributed by atoms with Crippen molar-refractivity contribution in [3.63, 3.8) is 0 Å². The number of fused-ring (bicyclic) bond motifs is 3. The van der Waals surface area contributed by atoms with E-state index in [0.717, 1.165) is 46.0 Å². The van der Waals surface area contributed by atoms with Crippen molar-refractivity contribution in [2.75, 3.05) is 19.0 Å². The van der Waals surface area contributed by atoms with E-state index in [1.165, 1.54) is 0 Å². The van der Waals surface area contributed by atoms with Gasteiger partial charge < -0.3 is 4.90 Å². The second kappa shape index (κ2) is 9.12. The summed E-state index contributed by atoms with van der Waals surface area (Å²) in [4.78, 5) is 2.35. The SMILES string of the molecule is CN(C)c1cccc2c(S(=O)(=O)N3C4C=C(c5ccc(-c6ccccc6)c(F)c5)CC3CC4)cccc12. The Morgan fingerprint density at radius 1 is 0.838 bits per heavy atom. The van der Waals surface area contributed by atoms with Crippen molar-refractivity contribution in [3.8, 4) is 11.1 Å². The lowest BCUT2D eigenvalue weighted by molar-refractivity contribution is 0.346. The monoisotopic (exact) mass is 512 g/mol. The lowest BCUT2D eigenvalue weighted by Crippen LogP contribution is -2.42. The number of hydrogen-bond donors (Lipinski definition) is 0. The summed E-state index contributed by atoms with van der Waals surface area (Å²) < 4.78 is 44.9. The number of sulfonamides is 1. The molecule has 0 amide bonds. The summed E-state index contributed by atoms with van der Waals surface area (Å²) in [7, 11) is 0.194. The largest absolute Gasteiger partial charge is 0.377 e. The van der Waals surface area contributed by atoms with Crippen LogP contribution in [0.3, 0.4) is 0 Å². The van der Waals surface area contributed by atoms with Gasteiger partial charge in [-0.15, -0.1) is 0 Å². The summed E-state index contributed by atoms with van der Waals surface area (Å²) in [5, 5.41) is 1.66. The van der Waals surface area contributed by atoms with E-state index in [2.05, 4.69) is 0 Å². The molecule has 6 rings (SSSR count). The standard InChI is InChI=1S/C31H29FN2O2S/c1-33(2)30-12-6-11-28-27(30)10-7-13-31(28)37(35,36)34-24-15-16-25(34)19-23(18-24)22-14-17-26(29(32)20-22)21-8-4-3-5-9-21/h3-14,17-18,20,24-25H,15-16,19H2,1-2H3. The molecule has 2 bridgehead atoms. The first kappa shape index (κ1) is 23.9. The summed E-state index contributed by atoms with van der Waals surface area (Å²) >= 11 is 0. The number of hydrogen-bond acceptors (Lipinski definition) is 3. The Hall–Kier alpha value is -3.48. The Bertz CT molecular complexity index is 1630. The summed E-state index contributed by atoms with van der Waals surface area (Å²) in [6.45, 7) is 0. The summed E-state index contributed by atoms with van der Waals surface area (Å²) in [6.07, 6.45) is 4.18. The summed E-state index contributed by atoms with van der Waals surface area (Å²) in [5.74, 6) is -0.264. The molecule has 2 aliphatic rings. The number of halogens is 1. The summed E-state index contributed by atoms with van der Waals surface area (Å²) in [6, 6.07) is 25.8. The molecule has 1 fully saturated rings. The molecule has 0 N–H and O–H groups in total. The van der Waals surface area contributed by atoms with Gasteiger partial charge in [0.15, 0.2) is 0 Å². The molecule has 2 unspecified atom stereocenters. The van der Waals surface area contributed by atoms with Crippen molar-refractivity contribution < 1.29 is 12.8 Å². The van der Waals surface area contributed by atoms with Crippen LogP contribution in [0.15, 0.2) is 95.9 Å². The smallest absolute Gasteiger partial charge is 0.244 e. The Labute approximate surface area is 217 Å². The topological polar surface area (TPSA) is 40.6 Å². The molecule has 188 valence electrons. The second-order valence-corrected chi connectivity index (χ2v) is 11.9. The van der Waals surface area contributed by atoms with Crippen LogP contribution in [-0.4, -0.2) is 38.9 Å². The van der Waals surface area contributed by atoms with Crippen molar-refractivity contribution in [2.45, 2.75) is 36.2 Å². The van der Waals surface area contributed by atoms with Gasteiger partial charge in [0.25, 0.3) is 0 Å². The Kier molecular flexibility index (Phi) is 5.89. The maximum absolute atomic E-state index is 15.1. The highest BCUT2D eigenvalue weighted by atomic mass is 32.2. The second-order valence-electron chi connectivity index (χ2n) is 10.1. The molecule has 0 spiro atoms. The van der Waals surface area contributed by atoms with Crippen molar-refractivity contribution in [1.29, 1.82) is 0 Å². The van der Waals surface area contributed by atoms with Gasteiger partial charge in [-0.05, 0) is 54.2 Å². The van der Waals surface area contributed by atoms with Crippen LogP contribution < -0.4 is 4.90 Å². The molecule has 4 aromatic rings. The van der Waals surface area contributed by atoms with Crippen LogP contribution in [0.2, 0.25) is 0 Å². The third kappa shape index (κ3) is 4.05. The third-order valence-electron chi connectivity index (χ3n) is 7.65. The van der Waals surface area contributed by atoms with E-state index in [-0.39, 0.29) is 17.9 Å². The van der Waals surface area contributed by atoms with Gasteiger partial charge in [0.1, 0.15) is 5.82 Å². The molecule has 0 radical (unpaired) electrons. The van der Waals surface area contributed by atoms with Crippen LogP contribution in [-0.2, 0) is 10.0 Å². The van der Waals surface area contributed by atoms with Crippen LogP contribution in [0.1, 0.15) is 24.8 Å². The fourth-order valence-electron chi connectivity index (χ4n) is 5.94. The molecule has 2 atom stereocenters. The number of nitrogens with zero attached hydrogens (tertiary/aromatic N) is 2. The van der Waals surface area contributed by atoms with Gasteiger partial charge in [0, 0.05) is 48.2 Å². The van der Waals surface area contributed by atoms with Gasteiger partial charge in [-0.3, -0.25) is 0 Å². The van der Waals surface area contributed by atoms with E-state index in [9.17, 15) is 8.42 Å². The highest BCUT2D eigenvalue weighted by Gasteiger charge is 2.44. The van der Waals surface area contributed by atoms with Gasteiger partial charge in [-0.2, -0.15) is 4.31 Å². The van der Waals surface area contributed by atoms with E-state index in [4.69, 9.17) is 0 Å². The quantitative estimate of drug-likeness (QED) is 0.298. The average Bonchev–Trinajstić information content (AvgIpc) is 3.19. The fraction of sp³-hybridized carbons (Fsp3) is 0.226.